The molecule has 1 aliphatic heterocycles. The van der Waals surface area contributed by atoms with Crippen LogP contribution in [0.3, 0.4) is 0 Å². The quantitative estimate of drug-likeness (QED) is 0.825. The van der Waals surface area contributed by atoms with E-state index < -0.39 is 0 Å². The average Bonchev–Trinajstić information content (AvgIpc) is 2.64. The maximum atomic E-state index is 5.40. The summed E-state index contributed by atoms with van der Waals surface area (Å²) in [5.74, 6) is 1.75. The second-order valence-electron chi connectivity index (χ2n) is 4.89. The number of rotatable bonds is 2. The number of hydrogen-bond acceptors (Lipinski definition) is 2. The van der Waals surface area contributed by atoms with Gasteiger partial charge in [-0.1, -0.05) is 19.1 Å². The molecule has 1 aromatic carbocycles. The lowest BCUT2D eigenvalue weighted by molar-refractivity contribution is 0.407. The zero-order valence-corrected chi connectivity index (χ0v) is 10.6. The Morgan fingerprint density at radius 3 is 2.31 bits per heavy atom. The molecular weight excluding hydrogens is 198 g/mol. The number of benzene rings is 1. The molecule has 0 unspecified atom stereocenters. The first-order valence-electron chi connectivity index (χ1n) is 6.02. The summed E-state index contributed by atoms with van der Waals surface area (Å²) in [5.41, 5.74) is 3.87. The van der Waals surface area contributed by atoms with Gasteiger partial charge in [0.1, 0.15) is 5.75 Å². The minimum absolute atomic E-state index is 0.517. The van der Waals surface area contributed by atoms with Crippen molar-refractivity contribution in [3.05, 3.63) is 28.8 Å². The molecule has 2 rings (SSSR count). The Morgan fingerprint density at radius 1 is 1.25 bits per heavy atom. The predicted molar refractivity (Wildman–Crippen MR) is 67.0 cm³/mol. The Hall–Kier alpha value is -1.02. The third-order valence-corrected chi connectivity index (χ3v) is 3.58. The summed E-state index contributed by atoms with van der Waals surface area (Å²) in [6.07, 6.45) is 1.27. The summed E-state index contributed by atoms with van der Waals surface area (Å²) in [6.45, 7) is 7.69. The second-order valence-corrected chi connectivity index (χ2v) is 4.89. The normalized spacial score (nSPS) is 24.8. The van der Waals surface area contributed by atoms with Gasteiger partial charge in [-0.05, 0) is 49.4 Å². The molecule has 0 spiro atoms. The summed E-state index contributed by atoms with van der Waals surface area (Å²) in [7, 11) is 1.74. The first-order chi connectivity index (χ1) is 7.63. The summed E-state index contributed by atoms with van der Waals surface area (Å²) in [5, 5.41) is 3.57. The highest BCUT2D eigenvalue weighted by Gasteiger charge is 2.25. The molecule has 0 bridgehead atoms. The summed E-state index contributed by atoms with van der Waals surface area (Å²) in [6, 6.07) is 5.03. The Bertz CT molecular complexity index is 363. The molecule has 88 valence electrons. The topological polar surface area (TPSA) is 21.3 Å². The molecule has 0 amide bonds. The third kappa shape index (κ3) is 1.94. The summed E-state index contributed by atoms with van der Waals surface area (Å²) in [4.78, 5) is 0. The fourth-order valence-electron chi connectivity index (χ4n) is 2.77. The summed E-state index contributed by atoms with van der Waals surface area (Å²) >= 11 is 0. The van der Waals surface area contributed by atoms with Crippen LogP contribution in [-0.4, -0.2) is 13.7 Å². The molecule has 1 aromatic rings. The van der Waals surface area contributed by atoms with Crippen LogP contribution in [0.25, 0.3) is 0 Å². The van der Waals surface area contributed by atoms with Gasteiger partial charge in [0.25, 0.3) is 0 Å². The van der Waals surface area contributed by atoms with Crippen molar-refractivity contribution >= 4 is 0 Å². The average molecular weight is 219 g/mol. The number of ether oxygens (including phenoxy) is 1. The molecule has 0 saturated carbocycles. The van der Waals surface area contributed by atoms with Gasteiger partial charge in [-0.3, -0.25) is 0 Å². The lowest BCUT2D eigenvalue weighted by atomic mass is 9.93. The van der Waals surface area contributed by atoms with Crippen LogP contribution in [-0.2, 0) is 0 Å². The predicted octanol–water partition coefficient (Wildman–Crippen LogP) is 2.98. The smallest absolute Gasteiger partial charge is 0.124 e. The molecule has 1 saturated heterocycles. The molecular formula is C14H21NO. The van der Waals surface area contributed by atoms with Gasteiger partial charge in [0.15, 0.2) is 0 Å². The fraction of sp³-hybridized carbons (Fsp3) is 0.571. The van der Waals surface area contributed by atoms with E-state index in [1.807, 2.05) is 0 Å². The highest BCUT2D eigenvalue weighted by molar-refractivity contribution is 5.44. The van der Waals surface area contributed by atoms with Crippen LogP contribution < -0.4 is 10.1 Å². The van der Waals surface area contributed by atoms with Crippen molar-refractivity contribution in [2.75, 3.05) is 13.7 Å². The second kappa shape index (κ2) is 4.46. The largest absolute Gasteiger partial charge is 0.496 e. The lowest BCUT2D eigenvalue weighted by Crippen LogP contribution is -2.16. The molecule has 1 fully saturated rings. The maximum absolute atomic E-state index is 5.40. The van der Waals surface area contributed by atoms with Gasteiger partial charge in [0.2, 0.25) is 0 Å². The zero-order valence-electron chi connectivity index (χ0n) is 10.6. The van der Waals surface area contributed by atoms with Crippen molar-refractivity contribution in [3.8, 4) is 5.75 Å². The van der Waals surface area contributed by atoms with E-state index in [2.05, 4.69) is 38.2 Å². The minimum atomic E-state index is 0.517. The van der Waals surface area contributed by atoms with Crippen molar-refractivity contribution in [2.45, 2.75) is 33.2 Å². The first-order valence-corrected chi connectivity index (χ1v) is 6.02. The Labute approximate surface area is 98.0 Å². The molecule has 0 aliphatic carbocycles. The van der Waals surface area contributed by atoms with Crippen LogP contribution in [0.5, 0.6) is 5.75 Å². The Balaban J connectivity index is 2.36. The van der Waals surface area contributed by atoms with E-state index in [0.29, 0.717) is 6.04 Å². The van der Waals surface area contributed by atoms with Crippen LogP contribution in [0.4, 0.5) is 0 Å². The van der Waals surface area contributed by atoms with Crippen LogP contribution in [0, 0.1) is 19.8 Å². The van der Waals surface area contributed by atoms with Crippen molar-refractivity contribution in [1.82, 2.24) is 5.32 Å². The van der Waals surface area contributed by atoms with E-state index in [1.54, 1.807) is 7.11 Å². The highest BCUT2D eigenvalue weighted by atomic mass is 16.5. The molecule has 0 radical (unpaired) electrons. The lowest BCUT2D eigenvalue weighted by Gasteiger charge is -2.19. The Kier molecular flexibility index (Phi) is 3.20. The van der Waals surface area contributed by atoms with Crippen molar-refractivity contribution < 1.29 is 4.74 Å². The molecule has 1 N–H and O–H groups in total. The molecule has 2 heteroatoms. The van der Waals surface area contributed by atoms with Crippen molar-refractivity contribution in [3.63, 3.8) is 0 Å². The number of methoxy groups -OCH3 is 1. The highest BCUT2D eigenvalue weighted by Crippen LogP contribution is 2.33. The Morgan fingerprint density at radius 2 is 1.88 bits per heavy atom. The monoisotopic (exact) mass is 219 g/mol. The number of aryl methyl sites for hydroxylation is 2. The van der Waals surface area contributed by atoms with E-state index in [4.69, 9.17) is 4.74 Å². The molecule has 2 atom stereocenters. The van der Waals surface area contributed by atoms with Gasteiger partial charge in [-0.15, -0.1) is 0 Å². The third-order valence-electron chi connectivity index (χ3n) is 3.58. The first kappa shape index (κ1) is 11.5. The SMILES string of the molecule is COc1c(C)cc([C@@H]2NCC[C@H]2C)cc1C. The summed E-state index contributed by atoms with van der Waals surface area (Å²) < 4.78 is 5.40. The fourth-order valence-corrected chi connectivity index (χ4v) is 2.77. The maximum Gasteiger partial charge on any atom is 0.124 e. The standard InChI is InChI=1S/C14H21NO/c1-9-5-6-15-13(9)12-7-10(2)14(16-4)11(3)8-12/h7-9,13,15H,5-6H2,1-4H3/t9-,13-/m1/s1. The molecule has 2 nitrogen and oxygen atoms in total. The molecule has 16 heavy (non-hydrogen) atoms. The van der Waals surface area contributed by atoms with Crippen LogP contribution in [0.1, 0.15) is 36.1 Å². The van der Waals surface area contributed by atoms with Crippen molar-refractivity contribution in [2.24, 2.45) is 5.92 Å². The van der Waals surface area contributed by atoms with Crippen LogP contribution >= 0.6 is 0 Å². The van der Waals surface area contributed by atoms with E-state index in [9.17, 15) is 0 Å². The zero-order chi connectivity index (χ0) is 11.7. The van der Waals surface area contributed by atoms with Gasteiger partial charge in [-0.25, -0.2) is 0 Å². The van der Waals surface area contributed by atoms with E-state index in [-0.39, 0.29) is 0 Å². The minimum Gasteiger partial charge on any atom is -0.496 e. The molecule has 0 aromatic heterocycles. The van der Waals surface area contributed by atoms with Crippen LogP contribution in [0.15, 0.2) is 12.1 Å². The molecule has 1 heterocycles. The molecule has 1 aliphatic rings. The van der Waals surface area contributed by atoms with Gasteiger partial charge < -0.3 is 10.1 Å². The van der Waals surface area contributed by atoms with E-state index >= 15 is 0 Å². The van der Waals surface area contributed by atoms with Gasteiger partial charge in [-0.2, -0.15) is 0 Å². The van der Waals surface area contributed by atoms with Crippen molar-refractivity contribution in [1.29, 1.82) is 0 Å². The van der Waals surface area contributed by atoms with E-state index in [0.717, 1.165) is 18.2 Å². The van der Waals surface area contributed by atoms with E-state index in [1.165, 1.54) is 23.1 Å². The number of nitrogens with one attached hydrogen (secondary N) is 1. The van der Waals surface area contributed by atoms with Gasteiger partial charge >= 0.3 is 0 Å². The van der Waals surface area contributed by atoms with Gasteiger partial charge in [0.05, 0.1) is 7.11 Å². The number of hydrogen-bond donors (Lipinski definition) is 1. The van der Waals surface area contributed by atoms with Crippen LogP contribution in [0.2, 0.25) is 0 Å². The van der Waals surface area contributed by atoms with Gasteiger partial charge in [0, 0.05) is 6.04 Å².